The number of esters is 2. The molecule has 1 saturated heterocycles. The zero-order valence-electron chi connectivity index (χ0n) is 30.7. The van der Waals surface area contributed by atoms with Crippen LogP contribution in [0.3, 0.4) is 0 Å². The molecule has 0 spiro atoms. The number of hydrogen-bond donors (Lipinski definition) is 2. The highest BCUT2D eigenvalue weighted by Crippen LogP contribution is 2.43. The topological polar surface area (TPSA) is 175 Å². The van der Waals surface area contributed by atoms with Crippen LogP contribution in [0.2, 0.25) is 0 Å². The molecule has 15 heteroatoms. The van der Waals surface area contributed by atoms with E-state index in [1.807, 2.05) is 97.1 Å². The maximum absolute atomic E-state index is 14.3. The molecule has 0 aliphatic carbocycles. The van der Waals surface area contributed by atoms with Gasteiger partial charge in [0.2, 0.25) is 11.9 Å². The fourth-order valence-electron chi connectivity index (χ4n) is 6.50. The van der Waals surface area contributed by atoms with Crippen molar-refractivity contribution in [1.82, 2.24) is 20.2 Å². The van der Waals surface area contributed by atoms with Crippen molar-refractivity contribution in [3.8, 4) is 0 Å². The maximum atomic E-state index is 14.3. The van der Waals surface area contributed by atoms with Crippen LogP contribution < -0.4 is 11.1 Å². The zero-order valence-corrected chi connectivity index (χ0v) is 32.3. The van der Waals surface area contributed by atoms with Crippen molar-refractivity contribution in [2.24, 2.45) is 5.16 Å². The second-order valence-electron chi connectivity index (χ2n) is 12.8. The highest BCUT2D eigenvalue weighted by Gasteiger charge is 2.55. The molecule has 0 bridgehead atoms. The van der Waals surface area contributed by atoms with Crippen LogP contribution in [0.25, 0.3) is 6.08 Å². The number of nitrogens with one attached hydrogen (secondary N) is 1. The number of ether oxygens (including phenoxy) is 2. The van der Waals surface area contributed by atoms with Gasteiger partial charge in [0, 0.05) is 54.1 Å². The number of amides is 2. The molecule has 57 heavy (non-hydrogen) atoms. The number of thiazole rings is 1. The van der Waals surface area contributed by atoms with Gasteiger partial charge in [0.05, 0.1) is 0 Å². The number of allylic oxidation sites excluding steroid dienone is 1. The fraction of sp³-hybridized carbons (Fsp3) is 0.167. The molecule has 5 aromatic rings. The summed E-state index contributed by atoms with van der Waals surface area (Å²) in [6, 6.07) is 31.1. The summed E-state index contributed by atoms with van der Waals surface area (Å²) in [7, 11) is 0. The van der Waals surface area contributed by atoms with Gasteiger partial charge in [-0.25, -0.2) is 9.78 Å². The Morgan fingerprint density at radius 2 is 1.56 bits per heavy atom. The lowest BCUT2D eigenvalue weighted by atomic mass is 9.80. The fourth-order valence-corrected chi connectivity index (χ4v) is 8.36. The second kappa shape index (κ2) is 17.1. The Labute approximate surface area is 336 Å². The molecule has 0 radical (unpaired) electrons. The van der Waals surface area contributed by atoms with Gasteiger partial charge in [-0.1, -0.05) is 114 Å². The summed E-state index contributed by atoms with van der Waals surface area (Å²) >= 11 is 2.47. The van der Waals surface area contributed by atoms with Gasteiger partial charge in [-0.15, -0.1) is 23.1 Å². The van der Waals surface area contributed by atoms with E-state index in [1.54, 1.807) is 36.0 Å². The summed E-state index contributed by atoms with van der Waals surface area (Å²) in [5.74, 6) is -2.54. The summed E-state index contributed by atoms with van der Waals surface area (Å²) in [4.78, 5) is 69.9. The number of aromatic nitrogens is 2. The lowest BCUT2D eigenvalue weighted by Gasteiger charge is -2.49. The van der Waals surface area contributed by atoms with Gasteiger partial charge in [0.1, 0.15) is 22.8 Å². The van der Waals surface area contributed by atoms with Crippen LogP contribution >= 0.6 is 23.1 Å². The van der Waals surface area contributed by atoms with Crippen molar-refractivity contribution in [3.63, 3.8) is 0 Å². The van der Waals surface area contributed by atoms with Gasteiger partial charge in [-0.3, -0.25) is 24.3 Å². The van der Waals surface area contributed by atoms with Gasteiger partial charge in [-0.05, 0) is 17.2 Å². The highest BCUT2D eigenvalue weighted by atomic mass is 32.2. The molecule has 3 N–H and O–H groups in total. The quantitative estimate of drug-likeness (QED) is 0.0376. The summed E-state index contributed by atoms with van der Waals surface area (Å²) in [6.45, 7) is 2.59. The molecule has 1 fully saturated rings. The van der Waals surface area contributed by atoms with E-state index >= 15 is 0 Å². The van der Waals surface area contributed by atoms with Crippen LogP contribution in [-0.2, 0) is 39.1 Å². The number of rotatable bonds is 13. The van der Waals surface area contributed by atoms with Gasteiger partial charge < -0.3 is 25.4 Å². The number of carbonyl (C=O) groups is 4. The van der Waals surface area contributed by atoms with E-state index in [1.165, 1.54) is 30.5 Å². The number of hydrogen-bond acceptors (Lipinski definition) is 13. The van der Waals surface area contributed by atoms with Crippen LogP contribution in [0.4, 0.5) is 5.13 Å². The van der Waals surface area contributed by atoms with Crippen molar-refractivity contribution in [2.45, 2.75) is 37.2 Å². The Balaban J connectivity index is 1.22. The number of pyridine rings is 1. The lowest BCUT2D eigenvalue weighted by molar-refractivity contribution is -0.182. The molecular formula is C42H36N6O7S2. The molecule has 2 aliphatic heterocycles. The molecule has 3 atom stereocenters. The first-order valence-electron chi connectivity index (χ1n) is 17.7. The van der Waals surface area contributed by atoms with Crippen LogP contribution in [0.15, 0.2) is 143 Å². The average Bonchev–Trinajstić information content (AvgIpc) is 3.66. The molecule has 288 valence electrons. The molecule has 2 aliphatic rings. The number of oxime groups is 1. The predicted octanol–water partition coefficient (Wildman–Crippen LogP) is 5.65. The maximum Gasteiger partial charge on any atom is 0.358 e. The Morgan fingerprint density at radius 3 is 2.11 bits per heavy atom. The predicted molar refractivity (Wildman–Crippen MR) is 216 cm³/mol. The van der Waals surface area contributed by atoms with Gasteiger partial charge in [0.25, 0.3) is 11.8 Å². The van der Waals surface area contributed by atoms with E-state index in [0.29, 0.717) is 5.57 Å². The van der Waals surface area contributed by atoms with E-state index in [-0.39, 0.29) is 28.0 Å². The summed E-state index contributed by atoms with van der Waals surface area (Å²) < 4.78 is 10.5. The molecule has 4 heterocycles. The highest BCUT2D eigenvalue weighted by molar-refractivity contribution is 8.00. The molecular weight excluding hydrogens is 765 g/mol. The number of carbonyl (C=O) groups excluding carboxylic acids is 4. The third-order valence-corrected chi connectivity index (χ3v) is 11.0. The third-order valence-electron chi connectivity index (χ3n) is 9.04. The number of nitrogens with two attached hydrogens (primary N) is 1. The molecule has 0 saturated carbocycles. The van der Waals surface area contributed by atoms with E-state index in [0.717, 1.165) is 33.6 Å². The molecule has 13 nitrogen and oxygen atoms in total. The monoisotopic (exact) mass is 800 g/mol. The molecule has 1 unspecified atom stereocenters. The summed E-state index contributed by atoms with van der Waals surface area (Å²) in [5, 5.41) is 8.44. The molecule has 2 amide bonds. The second-order valence-corrected chi connectivity index (χ2v) is 14.8. The van der Waals surface area contributed by atoms with Crippen molar-refractivity contribution >= 4 is 63.8 Å². The van der Waals surface area contributed by atoms with Crippen molar-refractivity contribution in [2.75, 3.05) is 11.5 Å². The van der Waals surface area contributed by atoms with Crippen LogP contribution in [0.5, 0.6) is 0 Å². The zero-order chi connectivity index (χ0) is 39.9. The lowest BCUT2D eigenvalue weighted by Crippen LogP contribution is -2.71. The first kappa shape index (κ1) is 38.7. The third kappa shape index (κ3) is 8.20. The van der Waals surface area contributed by atoms with Crippen LogP contribution in [0, 0.1) is 0 Å². The van der Waals surface area contributed by atoms with Gasteiger partial charge in [0.15, 0.2) is 10.8 Å². The van der Waals surface area contributed by atoms with Crippen molar-refractivity contribution in [3.05, 3.63) is 166 Å². The van der Waals surface area contributed by atoms with E-state index in [4.69, 9.17) is 20.0 Å². The number of nitrogens with zero attached hydrogens (tertiary/aromatic N) is 4. The Morgan fingerprint density at radius 1 is 0.930 bits per heavy atom. The minimum atomic E-state index is -1.32. The van der Waals surface area contributed by atoms with Gasteiger partial charge >= 0.3 is 11.9 Å². The number of fused-ring (bicyclic) bond motifs is 1. The number of β-lactam (4-membered cyclic amide) rings is 1. The van der Waals surface area contributed by atoms with E-state index < -0.39 is 47.1 Å². The Kier molecular flexibility index (Phi) is 11.6. The Bertz CT molecular complexity index is 2260. The Hall–Kier alpha value is -6.58. The molecule has 3 aromatic carbocycles. The van der Waals surface area contributed by atoms with Crippen LogP contribution in [0.1, 0.15) is 41.8 Å². The van der Waals surface area contributed by atoms with E-state index in [2.05, 4.69) is 20.4 Å². The molecule has 2 aromatic heterocycles. The largest absolute Gasteiger partial charge is 0.426 e. The van der Waals surface area contributed by atoms with Crippen molar-refractivity contribution < 1.29 is 33.5 Å². The first-order valence-corrected chi connectivity index (χ1v) is 19.7. The number of nitrogen functional groups attached to an aromatic ring is 1. The summed E-state index contributed by atoms with van der Waals surface area (Å²) in [6.07, 6.45) is 5.55. The smallest absolute Gasteiger partial charge is 0.358 e. The minimum absolute atomic E-state index is 0.0312. The normalized spacial score (nSPS) is 17.3. The molecule has 7 rings (SSSR count). The van der Waals surface area contributed by atoms with E-state index in [9.17, 15) is 19.2 Å². The average molecular weight is 801 g/mol. The van der Waals surface area contributed by atoms with Crippen LogP contribution in [-0.4, -0.2) is 67.8 Å². The van der Waals surface area contributed by atoms with Gasteiger partial charge in [-0.2, -0.15) is 0 Å². The summed E-state index contributed by atoms with van der Waals surface area (Å²) in [5.41, 5.74) is 8.10. The minimum Gasteiger partial charge on any atom is -0.426 e. The number of thioether (sulfide) groups is 1. The first-order chi connectivity index (χ1) is 27.7. The number of anilines is 1. The SMILES string of the molecule is CC(=O)OC(C)OC(=O)C1=C(/C=C\c2cccnc2)CS[C@H]2[C@H](NC(=O)C(=NOC(c3ccccc3)(c3ccccc3)c3ccccc3)c3csc(N)n3)C(=O)N12. The standard InChI is InChI=1S/C42H36N6O7S2/c1-26(49)53-27(2)54-40(52)36-29(21-20-28-13-12-22-44-23-28)24-56-39-35(38(51)48(36)39)46-37(50)34(33-25-57-41(43)45-33)47-55-42(30-14-6-3-7-15-30,31-16-8-4-9-17-31)32-18-10-5-11-19-32/h3-23,25,27,35,39H,24H2,1-2H3,(H2,43,45)(H,46,50)/b21-20-,47-34?/t27?,35-,39+/m1/s1. The number of benzene rings is 3. The van der Waals surface area contributed by atoms with Crippen molar-refractivity contribution in [1.29, 1.82) is 0 Å².